The van der Waals surface area contributed by atoms with Gasteiger partial charge in [0, 0.05) is 6.42 Å². The highest BCUT2D eigenvalue weighted by atomic mass is 16.4. The highest BCUT2D eigenvalue weighted by Crippen LogP contribution is 2.18. The van der Waals surface area contributed by atoms with Crippen molar-refractivity contribution in [2.24, 2.45) is 0 Å². The molecule has 2 N–H and O–H groups in total. The molecule has 1 aromatic rings. The number of carboxylic acid groups (broad SMARTS) is 2. The Hall–Kier alpha value is -2.28. The van der Waals surface area contributed by atoms with Gasteiger partial charge in [-0.05, 0) is 37.0 Å². The van der Waals surface area contributed by atoms with Crippen molar-refractivity contribution in [3.63, 3.8) is 0 Å². The second kappa shape index (κ2) is 6.45. The molecular formula is C14H14O4. The molecule has 94 valence electrons. The van der Waals surface area contributed by atoms with Crippen LogP contribution in [0, 0.1) is 12.3 Å². The fraction of sp³-hybridized carbons (Fsp3) is 0.286. The second-order valence-corrected chi connectivity index (χ2v) is 3.85. The molecule has 0 unspecified atom stereocenters. The maximum atomic E-state index is 11.1. The van der Waals surface area contributed by atoms with Crippen LogP contribution in [0.3, 0.4) is 0 Å². The number of hydrogen-bond donors (Lipinski definition) is 2. The van der Waals surface area contributed by atoms with Crippen LogP contribution in [0.4, 0.5) is 0 Å². The Balaban J connectivity index is 3.00. The van der Waals surface area contributed by atoms with E-state index in [1.807, 2.05) is 0 Å². The Bertz CT molecular complexity index is 465. The van der Waals surface area contributed by atoms with Crippen LogP contribution < -0.4 is 0 Å². The average Bonchev–Trinajstić information content (AvgIpc) is 2.34. The van der Waals surface area contributed by atoms with E-state index < -0.39 is 11.9 Å². The van der Waals surface area contributed by atoms with E-state index in [2.05, 4.69) is 5.92 Å². The lowest BCUT2D eigenvalue weighted by Gasteiger charge is -2.09. The number of carboxylic acids is 2. The molecule has 0 heterocycles. The van der Waals surface area contributed by atoms with Crippen LogP contribution in [0.15, 0.2) is 18.2 Å². The van der Waals surface area contributed by atoms with Gasteiger partial charge in [0.25, 0.3) is 0 Å². The Morgan fingerprint density at radius 2 is 1.67 bits per heavy atom. The molecule has 0 aliphatic rings. The summed E-state index contributed by atoms with van der Waals surface area (Å²) in [6.45, 7) is 0. The van der Waals surface area contributed by atoms with Crippen LogP contribution in [0.25, 0.3) is 0 Å². The molecule has 0 saturated heterocycles. The van der Waals surface area contributed by atoms with Gasteiger partial charge in [-0.3, -0.25) is 0 Å². The van der Waals surface area contributed by atoms with Crippen LogP contribution >= 0.6 is 0 Å². The lowest BCUT2D eigenvalue weighted by molar-refractivity contribution is 0.0695. The molecule has 0 aliphatic carbocycles. The number of aromatic carboxylic acids is 2. The quantitative estimate of drug-likeness (QED) is 0.597. The van der Waals surface area contributed by atoms with Crippen molar-refractivity contribution in [3.8, 4) is 12.3 Å². The van der Waals surface area contributed by atoms with Gasteiger partial charge in [-0.15, -0.1) is 12.3 Å². The predicted molar refractivity (Wildman–Crippen MR) is 66.7 cm³/mol. The first-order valence-electron chi connectivity index (χ1n) is 5.60. The van der Waals surface area contributed by atoms with E-state index in [0.717, 1.165) is 6.42 Å². The third-order valence-electron chi connectivity index (χ3n) is 2.63. The summed E-state index contributed by atoms with van der Waals surface area (Å²) in [5.74, 6) is 0.283. The monoisotopic (exact) mass is 246 g/mol. The van der Waals surface area contributed by atoms with Crippen molar-refractivity contribution >= 4 is 11.9 Å². The van der Waals surface area contributed by atoms with Gasteiger partial charge in [0.05, 0.1) is 11.1 Å². The normalized spacial score (nSPS) is 9.72. The van der Waals surface area contributed by atoms with E-state index in [0.29, 0.717) is 24.8 Å². The zero-order valence-electron chi connectivity index (χ0n) is 9.85. The van der Waals surface area contributed by atoms with Gasteiger partial charge < -0.3 is 10.2 Å². The average molecular weight is 246 g/mol. The largest absolute Gasteiger partial charge is 0.478 e. The molecule has 1 rings (SSSR count). The number of unbranched alkanes of at least 4 members (excludes halogenated alkanes) is 2. The van der Waals surface area contributed by atoms with Crippen LogP contribution in [-0.2, 0) is 6.42 Å². The summed E-state index contributed by atoms with van der Waals surface area (Å²) >= 11 is 0. The maximum absolute atomic E-state index is 11.1. The summed E-state index contributed by atoms with van der Waals surface area (Å²) in [6.07, 6.45) is 7.57. The molecule has 4 nitrogen and oxygen atoms in total. The number of carbonyl (C=O) groups is 2. The topological polar surface area (TPSA) is 74.6 Å². The van der Waals surface area contributed by atoms with E-state index >= 15 is 0 Å². The minimum absolute atomic E-state index is 0.0515. The van der Waals surface area contributed by atoms with E-state index in [4.69, 9.17) is 16.6 Å². The van der Waals surface area contributed by atoms with Crippen molar-refractivity contribution in [2.75, 3.05) is 0 Å². The zero-order valence-corrected chi connectivity index (χ0v) is 9.85. The first-order chi connectivity index (χ1) is 8.57. The molecule has 4 heteroatoms. The Kier molecular flexibility index (Phi) is 4.94. The van der Waals surface area contributed by atoms with Crippen molar-refractivity contribution in [1.82, 2.24) is 0 Å². The molecule has 0 fully saturated rings. The summed E-state index contributed by atoms with van der Waals surface area (Å²) in [5.41, 5.74) is 0.473. The van der Waals surface area contributed by atoms with Crippen molar-refractivity contribution in [1.29, 1.82) is 0 Å². The van der Waals surface area contributed by atoms with E-state index in [1.165, 1.54) is 18.2 Å². The molecule has 1 aromatic carbocycles. The van der Waals surface area contributed by atoms with Gasteiger partial charge in [-0.25, -0.2) is 9.59 Å². The summed E-state index contributed by atoms with van der Waals surface area (Å²) in [7, 11) is 0. The number of rotatable bonds is 6. The highest BCUT2D eigenvalue weighted by Gasteiger charge is 2.17. The van der Waals surface area contributed by atoms with Gasteiger partial charge in [0.1, 0.15) is 0 Å². The second-order valence-electron chi connectivity index (χ2n) is 3.85. The van der Waals surface area contributed by atoms with Crippen LogP contribution in [0.2, 0.25) is 0 Å². The lowest BCUT2D eigenvalue weighted by atomic mass is 9.96. The number of hydrogen-bond acceptors (Lipinski definition) is 2. The lowest BCUT2D eigenvalue weighted by Crippen LogP contribution is -2.10. The first kappa shape index (κ1) is 13.8. The summed E-state index contributed by atoms with van der Waals surface area (Å²) in [6, 6.07) is 4.29. The minimum atomic E-state index is -1.11. The maximum Gasteiger partial charge on any atom is 0.335 e. The summed E-state index contributed by atoms with van der Waals surface area (Å²) < 4.78 is 0. The fourth-order valence-electron chi connectivity index (χ4n) is 1.79. The minimum Gasteiger partial charge on any atom is -0.478 e. The van der Waals surface area contributed by atoms with Gasteiger partial charge >= 0.3 is 11.9 Å². The van der Waals surface area contributed by atoms with Crippen molar-refractivity contribution in [2.45, 2.75) is 25.7 Å². The van der Waals surface area contributed by atoms with Crippen molar-refractivity contribution < 1.29 is 19.8 Å². The van der Waals surface area contributed by atoms with Crippen LogP contribution in [-0.4, -0.2) is 22.2 Å². The third-order valence-corrected chi connectivity index (χ3v) is 2.63. The van der Waals surface area contributed by atoms with Gasteiger partial charge in [0.15, 0.2) is 0 Å². The SMILES string of the molecule is C#CCCCCc1c(C(=O)O)cccc1C(=O)O. The smallest absolute Gasteiger partial charge is 0.335 e. The molecule has 18 heavy (non-hydrogen) atoms. The Labute approximate surface area is 105 Å². The van der Waals surface area contributed by atoms with E-state index in [-0.39, 0.29) is 11.1 Å². The number of terminal acetylenes is 1. The summed E-state index contributed by atoms with van der Waals surface area (Å²) in [4.78, 5) is 22.1. The van der Waals surface area contributed by atoms with Gasteiger partial charge in [-0.1, -0.05) is 6.07 Å². The van der Waals surface area contributed by atoms with Crippen molar-refractivity contribution in [3.05, 3.63) is 34.9 Å². The molecule has 0 radical (unpaired) electrons. The molecular weight excluding hydrogens is 232 g/mol. The van der Waals surface area contributed by atoms with Crippen LogP contribution in [0.1, 0.15) is 45.5 Å². The van der Waals surface area contributed by atoms with Gasteiger partial charge in [0.2, 0.25) is 0 Å². The number of benzene rings is 1. The zero-order chi connectivity index (χ0) is 13.5. The predicted octanol–water partition coefficient (Wildman–Crippen LogP) is 2.43. The molecule has 0 aliphatic heterocycles. The fourth-order valence-corrected chi connectivity index (χ4v) is 1.79. The molecule has 0 bridgehead atoms. The van der Waals surface area contributed by atoms with E-state index in [9.17, 15) is 9.59 Å². The first-order valence-corrected chi connectivity index (χ1v) is 5.60. The molecule has 0 amide bonds. The molecule has 0 spiro atoms. The third kappa shape index (κ3) is 3.36. The Morgan fingerprint density at radius 1 is 1.11 bits per heavy atom. The standard InChI is InChI=1S/C14H14O4/c1-2-3-4-5-7-10-11(13(15)16)8-6-9-12(10)14(17)18/h1,6,8-9H,3-5,7H2,(H,15,16)(H,17,18). The molecule has 0 saturated carbocycles. The van der Waals surface area contributed by atoms with E-state index in [1.54, 1.807) is 0 Å². The Morgan fingerprint density at radius 3 is 2.11 bits per heavy atom. The summed E-state index contributed by atoms with van der Waals surface area (Å²) in [5, 5.41) is 18.1. The molecule has 0 aromatic heterocycles. The highest BCUT2D eigenvalue weighted by molar-refractivity contribution is 5.96. The van der Waals surface area contributed by atoms with Gasteiger partial charge in [-0.2, -0.15) is 0 Å². The van der Waals surface area contributed by atoms with Crippen LogP contribution in [0.5, 0.6) is 0 Å². The molecule has 0 atom stereocenters.